The van der Waals surface area contributed by atoms with Gasteiger partial charge in [-0.15, -0.1) is 0 Å². The molecule has 3 N–H and O–H groups in total. The first-order valence-electron chi connectivity index (χ1n) is 6.21. The number of para-hydroxylation sites is 2. The van der Waals surface area contributed by atoms with Crippen molar-refractivity contribution in [2.24, 2.45) is 0 Å². The predicted octanol–water partition coefficient (Wildman–Crippen LogP) is 3.37. The van der Waals surface area contributed by atoms with E-state index >= 15 is 0 Å². The molecule has 0 amide bonds. The Balaban J connectivity index is 1.91. The molecule has 0 spiro atoms. The Morgan fingerprint density at radius 1 is 1.14 bits per heavy atom. The highest BCUT2D eigenvalue weighted by atomic mass is 32.2. The highest BCUT2D eigenvalue weighted by Gasteiger charge is 2.09. The quantitative estimate of drug-likeness (QED) is 0.646. The smallest absolute Gasteiger partial charge is 0.175 e. The third kappa shape index (κ3) is 2.84. The number of rotatable bonds is 4. The first kappa shape index (κ1) is 13.8. The predicted molar refractivity (Wildman–Crippen MR) is 86.5 cm³/mol. The van der Waals surface area contributed by atoms with Crippen LogP contribution in [-0.4, -0.2) is 21.3 Å². The normalized spacial score (nSPS) is 12.2. The van der Waals surface area contributed by atoms with Gasteiger partial charge in [0, 0.05) is 0 Å². The fraction of sp³-hybridized carbons (Fsp3) is 0.0714. The molecule has 1 heterocycles. The summed E-state index contributed by atoms with van der Waals surface area (Å²) in [6.45, 7) is 0. The van der Waals surface area contributed by atoms with Gasteiger partial charge < -0.3 is 14.7 Å². The topological polar surface area (TPSA) is 69.9 Å². The number of aromatic amines is 2. The molecule has 3 rings (SSSR count). The van der Waals surface area contributed by atoms with E-state index in [2.05, 4.69) is 14.7 Å². The van der Waals surface area contributed by atoms with Crippen molar-refractivity contribution in [1.82, 2.24) is 9.97 Å². The molecule has 21 heavy (non-hydrogen) atoms. The van der Waals surface area contributed by atoms with E-state index in [4.69, 9.17) is 17.0 Å². The zero-order valence-electron chi connectivity index (χ0n) is 11.2. The first-order valence-corrected chi connectivity index (χ1v) is 7.76. The lowest BCUT2D eigenvalue weighted by Crippen LogP contribution is -2.05. The van der Waals surface area contributed by atoms with E-state index in [1.165, 1.54) is 0 Å². The Labute approximate surface area is 128 Å². The maximum atomic E-state index is 12.4. The summed E-state index contributed by atoms with van der Waals surface area (Å²) < 4.78 is 21.2. The molecule has 0 aliphatic carbocycles. The lowest BCUT2D eigenvalue weighted by Gasteiger charge is -2.10. The van der Waals surface area contributed by atoms with E-state index in [9.17, 15) is 4.21 Å². The number of hydrogen-bond acceptors (Lipinski definition) is 3. The number of imidazole rings is 1. The van der Waals surface area contributed by atoms with E-state index in [1.807, 2.05) is 30.3 Å². The minimum Gasteiger partial charge on any atom is -0.495 e. The second kappa shape index (κ2) is 5.71. The minimum absolute atomic E-state index is 0.547. The van der Waals surface area contributed by atoms with Crippen molar-refractivity contribution in [2.45, 2.75) is 4.90 Å². The number of nitrogens with one attached hydrogen (secondary N) is 3. The summed E-state index contributed by atoms with van der Waals surface area (Å²) in [7, 11) is 0.188. The van der Waals surface area contributed by atoms with E-state index in [1.54, 1.807) is 19.2 Å². The molecule has 0 saturated heterocycles. The molecule has 3 aromatic rings. The first-order chi connectivity index (χ1) is 10.2. The summed E-state index contributed by atoms with van der Waals surface area (Å²) in [5, 5.41) is 0. The molecule has 5 nitrogen and oxygen atoms in total. The molecule has 1 atom stereocenters. The second-order valence-corrected chi connectivity index (χ2v) is 5.98. The van der Waals surface area contributed by atoms with Gasteiger partial charge in [0.05, 0.1) is 28.7 Å². The van der Waals surface area contributed by atoms with Crippen molar-refractivity contribution >= 4 is 39.9 Å². The van der Waals surface area contributed by atoms with Crippen LogP contribution in [0.1, 0.15) is 0 Å². The van der Waals surface area contributed by atoms with Gasteiger partial charge in [-0.05, 0) is 42.5 Å². The fourth-order valence-electron chi connectivity index (χ4n) is 2.01. The molecule has 2 aromatic carbocycles. The van der Waals surface area contributed by atoms with Crippen LogP contribution in [-0.2, 0) is 11.0 Å². The molecule has 108 valence electrons. The van der Waals surface area contributed by atoms with Crippen LogP contribution in [0.25, 0.3) is 11.0 Å². The van der Waals surface area contributed by atoms with Crippen molar-refractivity contribution < 1.29 is 8.95 Å². The van der Waals surface area contributed by atoms with Gasteiger partial charge in [0.15, 0.2) is 4.77 Å². The highest BCUT2D eigenvalue weighted by molar-refractivity contribution is 7.86. The van der Waals surface area contributed by atoms with E-state index in [0.717, 1.165) is 11.0 Å². The number of benzene rings is 2. The van der Waals surface area contributed by atoms with Gasteiger partial charge >= 0.3 is 0 Å². The molecule has 0 bridgehead atoms. The zero-order valence-corrected chi connectivity index (χ0v) is 12.8. The van der Waals surface area contributed by atoms with Crippen LogP contribution in [0.15, 0.2) is 47.4 Å². The van der Waals surface area contributed by atoms with Gasteiger partial charge in [0.2, 0.25) is 0 Å². The number of methoxy groups -OCH3 is 1. The highest BCUT2D eigenvalue weighted by Crippen LogP contribution is 2.25. The Hall–Kier alpha value is -2.12. The monoisotopic (exact) mass is 319 g/mol. The molecule has 0 fully saturated rings. The maximum absolute atomic E-state index is 12.4. The van der Waals surface area contributed by atoms with E-state index < -0.39 is 11.0 Å². The van der Waals surface area contributed by atoms with E-state index in [-0.39, 0.29) is 0 Å². The lowest BCUT2D eigenvalue weighted by atomic mass is 10.3. The SMILES string of the molecule is COc1ccccc1NS(=O)c1ccc2[nH]c(=S)[nH]c2c1. The van der Waals surface area contributed by atoms with Crippen molar-refractivity contribution in [3.8, 4) is 5.75 Å². The van der Waals surface area contributed by atoms with Crippen LogP contribution in [0.5, 0.6) is 5.75 Å². The summed E-state index contributed by atoms with van der Waals surface area (Å²) in [5.74, 6) is 0.646. The molecule has 0 radical (unpaired) electrons. The van der Waals surface area contributed by atoms with Crippen molar-refractivity contribution in [2.75, 3.05) is 11.8 Å². The van der Waals surface area contributed by atoms with Gasteiger partial charge in [0.25, 0.3) is 0 Å². The third-order valence-electron chi connectivity index (χ3n) is 3.01. The molecule has 7 heteroatoms. The fourth-order valence-corrected chi connectivity index (χ4v) is 3.14. The molecule has 1 aromatic heterocycles. The van der Waals surface area contributed by atoms with Gasteiger partial charge in [-0.2, -0.15) is 0 Å². The summed E-state index contributed by atoms with van der Waals surface area (Å²) in [5.41, 5.74) is 2.39. The number of H-pyrrole nitrogens is 2. The maximum Gasteiger partial charge on any atom is 0.175 e. The number of aromatic nitrogens is 2. The van der Waals surface area contributed by atoms with Crippen LogP contribution in [0.3, 0.4) is 0 Å². The van der Waals surface area contributed by atoms with Crippen LogP contribution in [0.4, 0.5) is 5.69 Å². The van der Waals surface area contributed by atoms with Crippen molar-refractivity contribution in [3.05, 3.63) is 47.2 Å². The Morgan fingerprint density at radius 3 is 2.71 bits per heavy atom. The number of ether oxygens (including phenoxy) is 1. The Kier molecular flexibility index (Phi) is 3.76. The summed E-state index contributed by atoms with van der Waals surface area (Å²) in [4.78, 5) is 6.68. The average Bonchev–Trinajstić information content (AvgIpc) is 2.86. The molecule has 0 saturated carbocycles. The second-order valence-electron chi connectivity index (χ2n) is 4.36. The Bertz CT molecular complexity index is 870. The number of anilines is 1. The minimum atomic E-state index is -1.39. The molecule has 0 aliphatic heterocycles. The van der Waals surface area contributed by atoms with Gasteiger partial charge in [-0.3, -0.25) is 4.72 Å². The number of hydrogen-bond donors (Lipinski definition) is 3. The molecule has 1 unspecified atom stereocenters. The van der Waals surface area contributed by atoms with Crippen LogP contribution < -0.4 is 9.46 Å². The Morgan fingerprint density at radius 2 is 1.90 bits per heavy atom. The zero-order chi connectivity index (χ0) is 14.8. The summed E-state index contributed by atoms with van der Waals surface area (Å²) in [6, 6.07) is 12.8. The van der Waals surface area contributed by atoms with E-state index in [0.29, 0.717) is 21.1 Å². The standard InChI is InChI=1S/C14H13N3O2S2/c1-19-13-5-3-2-4-11(13)17-21(18)9-6-7-10-12(8-9)16-14(20)15-10/h2-8,17H,1H3,(H2,15,16,20). The van der Waals surface area contributed by atoms with Crippen LogP contribution in [0.2, 0.25) is 0 Å². The van der Waals surface area contributed by atoms with Crippen molar-refractivity contribution in [3.63, 3.8) is 0 Å². The largest absolute Gasteiger partial charge is 0.495 e. The summed E-state index contributed by atoms with van der Waals surface area (Å²) >= 11 is 5.04. The average molecular weight is 319 g/mol. The van der Waals surface area contributed by atoms with Crippen molar-refractivity contribution in [1.29, 1.82) is 0 Å². The third-order valence-corrected chi connectivity index (χ3v) is 4.30. The van der Waals surface area contributed by atoms with Gasteiger partial charge in [-0.25, -0.2) is 4.21 Å². The van der Waals surface area contributed by atoms with Crippen LogP contribution >= 0.6 is 12.2 Å². The number of fused-ring (bicyclic) bond motifs is 1. The molecular formula is C14H13N3O2S2. The molecule has 0 aliphatic rings. The van der Waals surface area contributed by atoms with Crippen LogP contribution in [0, 0.1) is 4.77 Å². The summed E-state index contributed by atoms with van der Waals surface area (Å²) in [6.07, 6.45) is 0. The lowest BCUT2D eigenvalue weighted by molar-refractivity contribution is 0.417. The van der Waals surface area contributed by atoms with Gasteiger partial charge in [-0.1, -0.05) is 12.1 Å². The van der Waals surface area contributed by atoms with Gasteiger partial charge in [0.1, 0.15) is 16.7 Å². The molecular weight excluding hydrogens is 306 g/mol.